The minimum Gasteiger partial charge on any atom is -0.327 e. The molecule has 1 aromatic carbocycles. The highest BCUT2D eigenvalue weighted by atomic mass is 35.5. The van der Waals surface area contributed by atoms with Crippen LogP contribution in [0.2, 0.25) is 5.02 Å². The van der Waals surface area contributed by atoms with Gasteiger partial charge >= 0.3 is 0 Å². The van der Waals surface area contributed by atoms with Gasteiger partial charge in [0.25, 0.3) is 0 Å². The summed E-state index contributed by atoms with van der Waals surface area (Å²) in [5, 5.41) is 3.37. The van der Waals surface area contributed by atoms with Crippen molar-refractivity contribution < 1.29 is 4.79 Å². The first kappa shape index (κ1) is 14.0. The topological polar surface area (TPSA) is 55.1 Å². The van der Waals surface area contributed by atoms with Crippen molar-refractivity contribution in [3.8, 4) is 0 Å². The first-order chi connectivity index (χ1) is 7.91. The van der Waals surface area contributed by atoms with Crippen molar-refractivity contribution >= 4 is 23.2 Å². The number of rotatable bonds is 4. The molecule has 3 N–H and O–H groups in total. The SMILES string of the molecule is Cc1cccc(NC(=O)CC(N)C(C)C)c1Cl. The fraction of sp³-hybridized carbons (Fsp3) is 0.462. The molecule has 4 heteroatoms. The number of amides is 1. The van der Waals surface area contributed by atoms with Crippen molar-refractivity contribution in [1.29, 1.82) is 0 Å². The van der Waals surface area contributed by atoms with Gasteiger partial charge in [0.2, 0.25) is 5.91 Å². The maximum Gasteiger partial charge on any atom is 0.225 e. The van der Waals surface area contributed by atoms with Crippen molar-refractivity contribution in [2.75, 3.05) is 5.32 Å². The summed E-state index contributed by atoms with van der Waals surface area (Å²) in [6.07, 6.45) is 0.307. The molecule has 0 radical (unpaired) electrons. The molecule has 0 fully saturated rings. The summed E-state index contributed by atoms with van der Waals surface area (Å²) in [4.78, 5) is 11.7. The molecule has 0 spiro atoms. The maximum atomic E-state index is 11.7. The van der Waals surface area contributed by atoms with Crippen LogP contribution < -0.4 is 11.1 Å². The number of nitrogens with one attached hydrogen (secondary N) is 1. The average molecular weight is 255 g/mol. The fourth-order valence-electron chi connectivity index (χ4n) is 1.39. The van der Waals surface area contributed by atoms with Gasteiger partial charge in [0, 0.05) is 12.5 Å². The van der Waals surface area contributed by atoms with Gasteiger partial charge in [-0.3, -0.25) is 4.79 Å². The Labute approximate surface area is 107 Å². The van der Waals surface area contributed by atoms with Gasteiger partial charge in [-0.05, 0) is 24.5 Å². The molecule has 0 saturated heterocycles. The Morgan fingerprint density at radius 2 is 2.12 bits per heavy atom. The van der Waals surface area contributed by atoms with E-state index < -0.39 is 0 Å². The molecule has 0 saturated carbocycles. The lowest BCUT2D eigenvalue weighted by Gasteiger charge is -2.15. The van der Waals surface area contributed by atoms with Gasteiger partial charge < -0.3 is 11.1 Å². The monoisotopic (exact) mass is 254 g/mol. The maximum absolute atomic E-state index is 11.7. The summed E-state index contributed by atoms with van der Waals surface area (Å²) >= 11 is 6.09. The predicted molar refractivity (Wildman–Crippen MR) is 72.2 cm³/mol. The number of aryl methyl sites for hydroxylation is 1. The number of hydrogen-bond donors (Lipinski definition) is 2. The van der Waals surface area contributed by atoms with Crippen LogP contribution in [0.15, 0.2) is 18.2 Å². The summed E-state index contributed by atoms with van der Waals surface area (Å²) in [6.45, 7) is 5.90. The van der Waals surface area contributed by atoms with Crippen molar-refractivity contribution in [2.45, 2.75) is 33.2 Å². The molecule has 0 aliphatic heterocycles. The van der Waals surface area contributed by atoms with Gasteiger partial charge in [-0.25, -0.2) is 0 Å². The van der Waals surface area contributed by atoms with E-state index in [1.165, 1.54) is 0 Å². The molecule has 0 aliphatic carbocycles. The summed E-state index contributed by atoms with van der Waals surface area (Å²) < 4.78 is 0. The van der Waals surface area contributed by atoms with Crippen LogP contribution in [0.1, 0.15) is 25.8 Å². The normalized spacial score (nSPS) is 12.6. The first-order valence-electron chi connectivity index (χ1n) is 5.72. The molecular weight excluding hydrogens is 236 g/mol. The number of benzene rings is 1. The van der Waals surface area contributed by atoms with E-state index in [9.17, 15) is 4.79 Å². The highest BCUT2D eigenvalue weighted by Crippen LogP contribution is 2.25. The molecule has 1 rings (SSSR count). The van der Waals surface area contributed by atoms with E-state index in [0.717, 1.165) is 5.56 Å². The van der Waals surface area contributed by atoms with Gasteiger partial charge in [0.1, 0.15) is 0 Å². The second kappa shape index (κ2) is 6.03. The van der Waals surface area contributed by atoms with Gasteiger partial charge in [0.05, 0.1) is 10.7 Å². The van der Waals surface area contributed by atoms with E-state index in [2.05, 4.69) is 5.32 Å². The summed E-state index contributed by atoms with van der Waals surface area (Å²) in [5.74, 6) is 0.187. The molecular formula is C13H19ClN2O. The highest BCUT2D eigenvalue weighted by Gasteiger charge is 2.14. The Morgan fingerprint density at radius 3 is 2.71 bits per heavy atom. The molecule has 1 atom stereocenters. The van der Waals surface area contributed by atoms with Crippen molar-refractivity contribution in [2.24, 2.45) is 11.7 Å². The number of halogens is 1. The number of carbonyl (C=O) groups is 1. The van der Waals surface area contributed by atoms with Gasteiger partial charge in [-0.2, -0.15) is 0 Å². The largest absolute Gasteiger partial charge is 0.327 e. The molecule has 0 bridgehead atoms. The minimum absolute atomic E-state index is 0.0984. The number of nitrogens with two attached hydrogens (primary N) is 1. The van der Waals surface area contributed by atoms with E-state index in [4.69, 9.17) is 17.3 Å². The highest BCUT2D eigenvalue weighted by molar-refractivity contribution is 6.34. The standard InChI is InChI=1S/C13H19ClN2O/c1-8(2)10(15)7-12(17)16-11-6-4-5-9(3)13(11)14/h4-6,8,10H,7,15H2,1-3H3,(H,16,17). The molecule has 0 aliphatic rings. The zero-order valence-electron chi connectivity index (χ0n) is 10.5. The lowest BCUT2D eigenvalue weighted by Crippen LogP contribution is -2.31. The first-order valence-corrected chi connectivity index (χ1v) is 6.10. The van der Waals surface area contributed by atoms with Crippen molar-refractivity contribution in [1.82, 2.24) is 0 Å². The van der Waals surface area contributed by atoms with Crippen LogP contribution in [0.3, 0.4) is 0 Å². The Kier molecular flexibility index (Phi) is 4.97. The third-order valence-corrected chi connectivity index (χ3v) is 3.24. The van der Waals surface area contributed by atoms with E-state index >= 15 is 0 Å². The van der Waals surface area contributed by atoms with Crippen LogP contribution in [0.5, 0.6) is 0 Å². The smallest absolute Gasteiger partial charge is 0.225 e. The molecule has 1 aromatic rings. The number of carbonyl (C=O) groups excluding carboxylic acids is 1. The average Bonchev–Trinajstić information content (AvgIpc) is 2.24. The summed E-state index contributed by atoms with van der Waals surface area (Å²) in [7, 11) is 0. The number of anilines is 1. The van der Waals surface area contributed by atoms with E-state index in [1.807, 2.05) is 32.9 Å². The summed E-state index contributed by atoms with van der Waals surface area (Å²) in [6, 6.07) is 5.42. The zero-order chi connectivity index (χ0) is 13.0. The Morgan fingerprint density at radius 1 is 1.47 bits per heavy atom. The van der Waals surface area contributed by atoms with Crippen molar-refractivity contribution in [3.63, 3.8) is 0 Å². The van der Waals surface area contributed by atoms with Gasteiger partial charge in [-0.15, -0.1) is 0 Å². The molecule has 1 unspecified atom stereocenters. The number of hydrogen-bond acceptors (Lipinski definition) is 2. The van der Waals surface area contributed by atoms with Gasteiger partial charge in [0.15, 0.2) is 0 Å². The Bertz CT molecular complexity index is 404. The quantitative estimate of drug-likeness (QED) is 0.868. The molecule has 0 aromatic heterocycles. The van der Waals surface area contributed by atoms with E-state index in [0.29, 0.717) is 17.1 Å². The Balaban J connectivity index is 2.66. The molecule has 94 valence electrons. The summed E-state index contributed by atoms with van der Waals surface area (Å²) in [5.41, 5.74) is 7.43. The van der Waals surface area contributed by atoms with E-state index in [-0.39, 0.29) is 17.9 Å². The van der Waals surface area contributed by atoms with Crippen LogP contribution in [0, 0.1) is 12.8 Å². The second-order valence-corrected chi connectivity index (χ2v) is 4.97. The van der Waals surface area contributed by atoms with Crippen LogP contribution >= 0.6 is 11.6 Å². The predicted octanol–water partition coefficient (Wildman–Crippen LogP) is 2.96. The lowest BCUT2D eigenvalue weighted by molar-refractivity contribution is -0.116. The van der Waals surface area contributed by atoms with E-state index in [1.54, 1.807) is 6.07 Å². The van der Waals surface area contributed by atoms with Crippen molar-refractivity contribution in [3.05, 3.63) is 28.8 Å². The molecule has 3 nitrogen and oxygen atoms in total. The Hall–Kier alpha value is -1.06. The third kappa shape index (κ3) is 4.02. The van der Waals surface area contributed by atoms with Gasteiger partial charge in [-0.1, -0.05) is 37.6 Å². The van der Waals surface area contributed by atoms with Crippen LogP contribution in [-0.4, -0.2) is 11.9 Å². The third-order valence-electron chi connectivity index (χ3n) is 2.74. The van der Waals surface area contributed by atoms with Crippen LogP contribution in [0.4, 0.5) is 5.69 Å². The molecule has 0 heterocycles. The second-order valence-electron chi connectivity index (χ2n) is 4.60. The minimum atomic E-state index is -0.126. The van der Waals surface area contributed by atoms with Crippen LogP contribution in [0.25, 0.3) is 0 Å². The fourth-order valence-corrected chi connectivity index (χ4v) is 1.57. The molecule has 17 heavy (non-hydrogen) atoms. The lowest BCUT2D eigenvalue weighted by atomic mass is 10.0. The van der Waals surface area contributed by atoms with Crippen LogP contribution in [-0.2, 0) is 4.79 Å². The molecule has 1 amide bonds. The zero-order valence-corrected chi connectivity index (χ0v) is 11.2.